The summed E-state index contributed by atoms with van der Waals surface area (Å²) in [6, 6.07) is 8.55. The van der Waals surface area contributed by atoms with E-state index in [1.165, 1.54) is 18.4 Å². The molecule has 0 fully saturated rings. The highest BCUT2D eigenvalue weighted by Gasteiger charge is 2.18. The Hall–Kier alpha value is -3.33. The smallest absolute Gasteiger partial charge is 0.412 e. The summed E-state index contributed by atoms with van der Waals surface area (Å²) in [6.07, 6.45) is 1.07. The van der Waals surface area contributed by atoms with E-state index in [9.17, 15) is 9.59 Å². The Morgan fingerprint density at radius 1 is 1.20 bits per heavy atom. The molecule has 9 heteroatoms. The van der Waals surface area contributed by atoms with Gasteiger partial charge in [0.1, 0.15) is 11.4 Å². The molecule has 2 N–H and O–H groups in total. The first-order valence-corrected chi connectivity index (χ1v) is 10.1. The maximum absolute atomic E-state index is 12.4. The van der Waals surface area contributed by atoms with Crippen molar-refractivity contribution in [1.82, 2.24) is 4.98 Å². The normalized spacial score (nSPS) is 11.1. The number of rotatable bonds is 6. The van der Waals surface area contributed by atoms with Crippen LogP contribution in [0.15, 0.2) is 46.4 Å². The molecule has 0 unspecified atom stereocenters. The molecule has 1 aromatic carbocycles. The zero-order valence-corrected chi connectivity index (χ0v) is 18.0. The van der Waals surface area contributed by atoms with E-state index in [1.54, 1.807) is 51.3 Å². The number of amides is 2. The molecule has 2 amide bonds. The molecular formula is C21H23N3O5S. The van der Waals surface area contributed by atoms with Crippen LogP contribution in [0.5, 0.6) is 5.75 Å². The Bertz CT molecular complexity index is 1020. The molecular weight excluding hydrogens is 406 g/mol. The zero-order valence-electron chi connectivity index (χ0n) is 17.1. The van der Waals surface area contributed by atoms with Crippen molar-refractivity contribution in [3.63, 3.8) is 0 Å². The molecule has 3 aromatic rings. The number of thiazole rings is 1. The fourth-order valence-corrected chi connectivity index (χ4v) is 3.35. The SMILES string of the molecule is COc1ccc(NC(=O)Cc2csc(-c3ccco3)n2)cc1NC(=O)OC(C)(C)C. The lowest BCUT2D eigenvalue weighted by atomic mass is 10.2. The molecule has 0 aliphatic rings. The third kappa shape index (κ3) is 5.84. The largest absolute Gasteiger partial charge is 0.495 e. The van der Waals surface area contributed by atoms with Gasteiger partial charge in [-0.15, -0.1) is 11.3 Å². The molecule has 0 radical (unpaired) electrons. The first-order valence-electron chi connectivity index (χ1n) is 9.19. The fraction of sp³-hybridized carbons (Fsp3) is 0.286. The van der Waals surface area contributed by atoms with Gasteiger partial charge in [-0.05, 0) is 51.1 Å². The molecule has 0 aliphatic heterocycles. The zero-order chi connectivity index (χ0) is 21.7. The number of nitrogens with zero attached hydrogens (tertiary/aromatic N) is 1. The van der Waals surface area contributed by atoms with Gasteiger partial charge in [-0.1, -0.05) is 0 Å². The number of carbonyl (C=O) groups is 2. The summed E-state index contributed by atoms with van der Waals surface area (Å²) in [4.78, 5) is 28.9. The minimum Gasteiger partial charge on any atom is -0.495 e. The van der Waals surface area contributed by atoms with Crippen LogP contribution in [0, 0.1) is 0 Å². The van der Waals surface area contributed by atoms with Crippen LogP contribution in [0.25, 0.3) is 10.8 Å². The summed E-state index contributed by atoms with van der Waals surface area (Å²) in [5, 5.41) is 7.98. The summed E-state index contributed by atoms with van der Waals surface area (Å²) in [7, 11) is 1.49. The number of ether oxygens (including phenoxy) is 2. The van der Waals surface area contributed by atoms with Gasteiger partial charge < -0.3 is 19.2 Å². The van der Waals surface area contributed by atoms with Gasteiger partial charge in [0, 0.05) is 11.1 Å². The summed E-state index contributed by atoms with van der Waals surface area (Å²) in [5.74, 6) is 0.876. The Morgan fingerprint density at radius 2 is 2.00 bits per heavy atom. The second-order valence-corrected chi connectivity index (χ2v) is 8.25. The van der Waals surface area contributed by atoms with E-state index in [-0.39, 0.29) is 12.3 Å². The molecule has 2 aromatic heterocycles. The monoisotopic (exact) mass is 429 g/mol. The van der Waals surface area contributed by atoms with Gasteiger partial charge in [-0.25, -0.2) is 9.78 Å². The van der Waals surface area contributed by atoms with E-state index >= 15 is 0 Å². The Balaban J connectivity index is 1.65. The Kier molecular flexibility index (Phi) is 6.41. The summed E-state index contributed by atoms with van der Waals surface area (Å²) in [6.45, 7) is 5.32. The number of aromatic nitrogens is 1. The van der Waals surface area contributed by atoms with Crippen LogP contribution < -0.4 is 15.4 Å². The van der Waals surface area contributed by atoms with Crippen molar-refractivity contribution in [2.45, 2.75) is 32.8 Å². The molecule has 30 heavy (non-hydrogen) atoms. The number of benzene rings is 1. The van der Waals surface area contributed by atoms with Crippen molar-refractivity contribution in [2.75, 3.05) is 17.7 Å². The van der Waals surface area contributed by atoms with E-state index < -0.39 is 11.7 Å². The lowest BCUT2D eigenvalue weighted by Crippen LogP contribution is -2.27. The first kappa shape index (κ1) is 21.4. The van der Waals surface area contributed by atoms with Crippen LogP contribution >= 0.6 is 11.3 Å². The van der Waals surface area contributed by atoms with Gasteiger partial charge >= 0.3 is 6.09 Å². The van der Waals surface area contributed by atoms with Crippen LogP contribution in [0.1, 0.15) is 26.5 Å². The van der Waals surface area contributed by atoms with Crippen molar-refractivity contribution >= 4 is 34.7 Å². The predicted octanol–water partition coefficient (Wildman–Crippen LogP) is 4.94. The van der Waals surface area contributed by atoms with Crippen molar-refractivity contribution < 1.29 is 23.5 Å². The van der Waals surface area contributed by atoms with E-state index in [0.717, 1.165) is 5.01 Å². The number of hydrogen-bond acceptors (Lipinski definition) is 7. The lowest BCUT2D eigenvalue weighted by molar-refractivity contribution is -0.115. The molecule has 2 heterocycles. The van der Waals surface area contributed by atoms with Crippen LogP contribution in [0.2, 0.25) is 0 Å². The number of nitrogens with one attached hydrogen (secondary N) is 2. The van der Waals surface area contributed by atoms with Crippen molar-refractivity contribution in [3.05, 3.63) is 47.7 Å². The molecule has 3 rings (SSSR count). The highest BCUT2D eigenvalue weighted by molar-refractivity contribution is 7.13. The van der Waals surface area contributed by atoms with E-state index in [1.807, 2.05) is 11.4 Å². The number of anilines is 2. The maximum atomic E-state index is 12.4. The second kappa shape index (κ2) is 9.00. The Labute approximate surface area is 178 Å². The van der Waals surface area contributed by atoms with Crippen molar-refractivity contribution in [2.24, 2.45) is 0 Å². The predicted molar refractivity (Wildman–Crippen MR) is 115 cm³/mol. The quantitative estimate of drug-likeness (QED) is 0.575. The topological polar surface area (TPSA) is 103 Å². The molecule has 8 nitrogen and oxygen atoms in total. The fourth-order valence-electron chi connectivity index (χ4n) is 2.57. The van der Waals surface area contributed by atoms with Crippen LogP contribution in [0.4, 0.5) is 16.2 Å². The van der Waals surface area contributed by atoms with Crippen LogP contribution in [0.3, 0.4) is 0 Å². The van der Waals surface area contributed by atoms with Gasteiger partial charge in [-0.3, -0.25) is 10.1 Å². The van der Waals surface area contributed by atoms with Crippen LogP contribution in [-0.4, -0.2) is 29.7 Å². The number of furan rings is 1. The summed E-state index contributed by atoms with van der Waals surface area (Å²) >= 11 is 1.41. The number of methoxy groups -OCH3 is 1. The summed E-state index contributed by atoms with van der Waals surface area (Å²) in [5.41, 5.74) is 0.904. The molecule has 0 spiro atoms. The van der Waals surface area contributed by atoms with Crippen molar-refractivity contribution in [3.8, 4) is 16.5 Å². The minimum absolute atomic E-state index is 0.109. The highest BCUT2D eigenvalue weighted by Crippen LogP contribution is 2.29. The maximum Gasteiger partial charge on any atom is 0.412 e. The van der Waals surface area contributed by atoms with Gasteiger partial charge in [-0.2, -0.15) is 0 Å². The first-order chi connectivity index (χ1) is 14.2. The van der Waals surface area contributed by atoms with E-state index in [2.05, 4.69) is 15.6 Å². The Morgan fingerprint density at radius 3 is 2.67 bits per heavy atom. The molecule has 158 valence electrons. The number of hydrogen-bond donors (Lipinski definition) is 2. The average molecular weight is 429 g/mol. The summed E-state index contributed by atoms with van der Waals surface area (Å²) < 4.78 is 15.9. The average Bonchev–Trinajstić information content (AvgIpc) is 3.31. The third-order valence-electron chi connectivity index (χ3n) is 3.74. The van der Waals surface area contributed by atoms with E-state index in [0.29, 0.717) is 28.6 Å². The highest BCUT2D eigenvalue weighted by atomic mass is 32.1. The molecule has 0 atom stereocenters. The molecule has 0 bridgehead atoms. The van der Waals surface area contributed by atoms with Gasteiger partial charge in [0.25, 0.3) is 0 Å². The molecule has 0 saturated heterocycles. The molecule has 0 aliphatic carbocycles. The molecule has 0 saturated carbocycles. The minimum atomic E-state index is -0.634. The lowest BCUT2D eigenvalue weighted by Gasteiger charge is -2.20. The third-order valence-corrected chi connectivity index (χ3v) is 4.65. The number of carbonyl (C=O) groups excluding carboxylic acids is 2. The van der Waals surface area contributed by atoms with Crippen LogP contribution in [-0.2, 0) is 16.0 Å². The van der Waals surface area contributed by atoms with Gasteiger partial charge in [0.2, 0.25) is 5.91 Å². The second-order valence-electron chi connectivity index (χ2n) is 7.39. The standard InChI is InChI=1S/C21H23N3O5S/c1-21(2,3)29-20(26)24-15-10-13(7-8-16(15)27-4)22-18(25)11-14-12-30-19(23-14)17-6-5-9-28-17/h5-10,12H,11H2,1-4H3,(H,22,25)(H,24,26). The van der Waals surface area contributed by atoms with Gasteiger partial charge in [0.15, 0.2) is 10.8 Å². The van der Waals surface area contributed by atoms with Crippen molar-refractivity contribution in [1.29, 1.82) is 0 Å². The van der Waals surface area contributed by atoms with E-state index in [4.69, 9.17) is 13.9 Å². The van der Waals surface area contributed by atoms with Gasteiger partial charge in [0.05, 0.1) is 31.2 Å².